The highest BCUT2D eigenvalue weighted by Gasteiger charge is 2.28. The van der Waals surface area contributed by atoms with E-state index in [1.54, 1.807) is 21.7 Å². The van der Waals surface area contributed by atoms with E-state index in [1.807, 2.05) is 30.8 Å². The van der Waals surface area contributed by atoms with Crippen molar-refractivity contribution in [2.24, 2.45) is 0 Å². The van der Waals surface area contributed by atoms with Crippen LogP contribution < -0.4 is 4.74 Å². The Hall–Kier alpha value is -4.30. The predicted octanol–water partition coefficient (Wildman–Crippen LogP) is 3.60. The van der Waals surface area contributed by atoms with Crippen molar-refractivity contribution >= 4 is 11.4 Å². The van der Waals surface area contributed by atoms with E-state index in [4.69, 9.17) is 4.74 Å². The minimum atomic E-state index is -0.999. The average molecular weight is 518 g/mol. The van der Waals surface area contributed by atoms with Crippen LogP contribution in [0.25, 0.3) is 16.6 Å². The maximum atomic E-state index is 13.4. The number of rotatable bonds is 6. The number of aromatic nitrogens is 5. The third-order valence-corrected chi connectivity index (χ3v) is 7.00. The molecule has 0 radical (unpaired) electrons. The molecule has 4 aromatic heterocycles. The maximum Gasteiger partial charge on any atom is 0.251 e. The van der Waals surface area contributed by atoms with Crippen LogP contribution >= 0.6 is 0 Å². The largest absolute Gasteiger partial charge is 0.482 e. The summed E-state index contributed by atoms with van der Waals surface area (Å²) in [6.07, 6.45) is 6.24. The van der Waals surface area contributed by atoms with Crippen molar-refractivity contribution in [3.05, 3.63) is 65.8 Å². The quantitative estimate of drug-likeness (QED) is 0.415. The number of halogens is 1. The van der Waals surface area contributed by atoms with Crippen LogP contribution in [0.15, 0.2) is 43.0 Å². The summed E-state index contributed by atoms with van der Waals surface area (Å²) in [5.74, 6) is -0.226. The number of fused-ring (bicyclic) bond motifs is 1. The topological polar surface area (TPSA) is 122 Å². The zero-order valence-corrected chi connectivity index (χ0v) is 21.4. The van der Waals surface area contributed by atoms with Gasteiger partial charge in [0.15, 0.2) is 0 Å². The fraction of sp³-hybridized carbons (Fsp3) is 0.370. The van der Waals surface area contributed by atoms with Gasteiger partial charge in [0.05, 0.1) is 30.3 Å². The second-order valence-electron chi connectivity index (χ2n) is 9.54. The Balaban J connectivity index is 1.45. The number of hydrogen-bond donors (Lipinski definition) is 1. The molecule has 11 heteroatoms. The SMILES string of the molecule is Cc1c(-c2cc(O[C@H](C)c3ccc(F)cn3)c3c(C#N)cnn3c2)cnn1C1CCN(C(=O)[C@H](C)O)CC1. The summed E-state index contributed by atoms with van der Waals surface area (Å²) in [4.78, 5) is 17.9. The molecule has 0 bridgehead atoms. The zero-order chi connectivity index (χ0) is 27.0. The molecule has 0 aliphatic carbocycles. The first kappa shape index (κ1) is 25.4. The molecular formula is C27H28FN7O3. The Kier molecular flexibility index (Phi) is 6.82. The van der Waals surface area contributed by atoms with E-state index in [1.165, 1.54) is 19.2 Å². The molecule has 1 saturated heterocycles. The molecule has 196 valence electrons. The van der Waals surface area contributed by atoms with E-state index in [-0.39, 0.29) is 11.9 Å². The second kappa shape index (κ2) is 10.2. The number of nitriles is 1. The lowest BCUT2D eigenvalue weighted by Crippen LogP contribution is -2.43. The number of pyridine rings is 2. The van der Waals surface area contributed by atoms with Gasteiger partial charge in [-0.05, 0) is 51.8 Å². The molecule has 10 nitrogen and oxygen atoms in total. The molecule has 0 spiro atoms. The smallest absolute Gasteiger partial charge is 0.251 e. The van der Waals surface area contributed by atoms with Crippen molar-refractivity contribution in [2.75, 3.05) is 13.1 Å². The molecule has 5 rings (SSSR count). The van der Waals surface area contributed by atoms with Gasteiger partial charge in [0, 0.05) is 36.1 Å². The summed E-state index contributed by atoms with van der Waals surface area (Å²) in [7, 11) is 0. The Bertz CT molecular complexity index is 1510. The summed E-state index contributed by atoms with van der Waals surface area (Å²) in [5, 5.41) is 28.3. The fourth-order valence-corrected chi connectivity index (χ4v) is 4.95. The number of nitrogens with zero attached hydrogens (tertiary/aromatic N) is 7. The first-order valence-corrected chi connectivity index (χ1v) is 12.5. The van der Waals surface area contributed by atoms with E-state index in [0.717, 1.165) is 35.9 Å². The van der Waals surface area contributed by atoms with E-state index in [9.17, 15) is 19.6 Å². The monoisotopic (exact) mass is 517 g/mol. The van der Waals surface area contributed by atoms with Gasteiger partial charge in [0.25, 0.3) is 5.91 Å². The Morgan fingerprint density at radius 2 is 1.97 bits per heavy atom. The molecule has 2 atom stereocenters. The van der Waals surface area contributed by atoms with Crippen molar-refractivity contribution in [2.45, 2.75) is 51.9 Å². The second-order valence-corrected chi connectivity index (χ2v) is 9.54. The van der Waals surface area contributed by atoms with E-state index in [0.29, 0.717) is 35.6 Å². The van der Waals surface area contributed by atoms with E-state index >= 15 is 0 Å². The first-order valence-electron chi connectivity index (χ1n) is 12.5. The summed E-state index contributed by atoms with van der Waals surface area (Å²) < 4.78 is 23.2. The van der Waals surface area contributed by atoms with Crippen molar-refractivity contribution < 1.29 is 19.0 Å². The van der Waals surface area contributed by atoms with Crippen LogP contribution in [0.5, 0.6) is 5.75 Å². The molecule has 1 amide bonds. The zero-order valence-electron chi connectivity index (χ0n) is 21.4. The molecular weight excluding hydrogens is 489 g/mol. The highest BCUT2D eigenvalue weighted by Crippen LogP contribution is 2.35. The fourth-order valence-electron chi connectivity index (χ4n) is 4.95. The van der Waals surface area contributed by atoms with Crippen LogP contribution in [0.3, 0.4) is 0 Å². The first-order chi connectivity index (χ1) is 18.3. The number of likely N-dealkylation sites (tertiary alicyclic amines) is 1. The average Bonchev–Trinajstić information content (AvgIpc) is 3.51. The van der Waals surface area contributed by atoms with Crippen LogP contribution in [-0.2, 0) is 4.79 Å². The lowest BCUT2D eigenvalue weighted by molar-refractivity contribution is -0.140. The lowest BCUT2D eigenvalue weighted by Gasteiger charge is -2.33. The summed E-state index contributed by atoms with van der Waals surface area (Å²) in [6.45, 7) is 6.42. The molecule has 0 unspecified atom stereocenters. The Morgan fingerprint density at radius 3 is 2.63 bits per heavy atom. The van der Waals surface area contributed by atoms with Crippen LogP contribution in [0.4, 0.5) is 4.39 Å². The molecule has 1 fully saturated rings. The van der Waals surface area contributed by atoms with Crippen molar-refractivity contribution in [3.63, 3.8) is 0 Å². The van der Waals surface area contributed by atoms with Crippen LogP contribution in [-0.4, -0.2) is 59.5 Å². The highest BCUT2D eigenvalue weighted by atomic mass is 19.1. The standard InChI is InChI=1S/C27H28FN7O3/c1-16-23(14-32-35(16)22-6-8-33(9-7-22)27(37)17(2)36)19-10-25(26-20(11-29)12-31-34(26)15-19)38-18(3)24-5-4-21(28)13-30-24/h4-5,10,12-15,17-18,22,36H,6-9H2,1-3H3/t17-,18+/m0/s1. The molecule has 1 aliphatic heterocycles. The third kappa shape index (κ3) is 4.70. The van der Waals surface area contributed by atoms with Gasteiger partial charge in [-0.1, -0.05) is 0 Å². The Labute approximate surface area is 218 Å². The molecule has 38 heavy (non-hydrogen) atoms. The number of piperidine rings is 1. The minimum Gasteiger partial charge on any atom is -0.482 e. The summed E-state index contributed by atoms with van der Waals surface area (Å²) in [5.41, 5.74) is 4.11. The molecule has 5 heterocycles. The van der Waals surface area contributed by atoms with Crippen molar-refractivity contribution in [3.8, 4) is 22.9 Å². The van der Waals surface area contributed by atoms with Crippen LogP contribution in [0, 0.1) is 24.1 Å². The lowest BCUT2D eigenvalue weighted by atomic mass is 10.0. The summed E-state index contributed by atoms with van der Waals surface area (Å²) >= 11 is 0. The number of ether oxygens (including phenoxy) is 1. The number of aliphatic hydroxyl groups excluding tert-OH is 1. The predicted molar refractivity (Wildman–Crippen MR) is 136 cm³/mol. The van der Waals surface area contributed by atoms with E-state index < -0.39 is 18.0 Å². The molecule has 1 aliphatic rings. The van der Waals surface area contributed by atoms with Gasteiger partial charge >= 0.3 is 0 Å². The number of hydrogen-bond acceptors (Lipinski definition) is 7. The molecule has 1 N–H and O–H groups in total. The van der Waals surface area contributed by atoms with Gasteiger partial charge in [-0.15, -0.1) is 0 Å². The number of amides is 1. The van der Waals surface area contributed by atoms with Crippen molar-refractivity contribution in [1.82, 2.24) is 29.3 Å². The van der Waals surface area contributed by atoms with Crippen LogP contribution in [0.1, 0.15) is 55.8 Å². The minimum absolute atomic E-state index is 0.126. The molecule has 4 aromatic rings. The third-order valence-electron chi connectivity index (χ3n) is 7.00. The number of carbonyl (C=O) groups excluding carboxylic acids is 1. The Morgan fingerprint density at radius 1 is 1.21 bits per heavy atom. The normalized spacial score (nSPS) is 15.8. The van der Waals surface area contributed by atoms with E-state index in [2.05, 4.69) is 21.3 Å². The van der Waals surface area contributed by atoms with Gasteiger partial charge in [-0.3, -0.25) is 14.5 Å². The van der Waals surface area contributed by atoms with Crippen LogP contribution in [0.2, 0.25) is 0 Å². The van der Waals surface area contributed by atoms with Gasteiger partial charge in [-0.2, -0.15) is 15.5 Å². The van der Waals surface area contributed by atoms with Gasteiger partial charge in [0.1, 0.15) is 40.9 Å². The summed E-state index contributed by atoms with van der Waals surface area (Å²) in [6, 6.07) is 7.04. The maximum absolute atomic E-state index is 13.4. The molecule has 0 saturated carbocycles. The van der Waals surface area contributed by atoms with Crippen molar-refractivity contribution in [1.29, 1.82) is 5.26 Å². The van der Waals surface area contributed by atoms with Gasteiger partial charge in [-0.25, -0.2) is 8.91 Å². The highest BCUT2D eigenvalue weighted by molar-refractivity contribution is 5.80. The van der Waals surface area contributed by atoms with Gasteiger partial charge in [0.2, 0.25) is 0 Å². The number of carbonyl (C=O) groups is 1. The van der Waals surface area contributed by atoms with Gasteiger partial charge < -0.3 is 14.7 Å². The number of aliphatic hydroxyl groups is 1. The molecule has 0 aromatic carbocycles.